The van der Waals surface area contributed by atoms with E-state index in [2.05, 4.69) is 40.8 Å². The van der Waals surface area contributed by atoms with Gasteiger partial charge in [-0.3, -0.25) is 9.69 Å². The molecule has 1 N–H and O–H groups in total. The van der Waals surface area contributed by atoms with Gasteiger partial charge in [0.25, 0.3) is 0 Å². The van der Waals surface area contributed by atoms with Crippen LogP contribution in [0.5, 0.6) is 0 Å². The Morgan fingerprint density at radius 1 is 1.11 bits per heavy atom. The lowest BCUT2D eigenvalue weighted by Gasteiger charge is -2.16. The number of amides is 1. The third-order valence-corrected chi connectivity index (χ3v) is 5.32. The number of rotatable bonds is 8. The molecule has 0 saturated carbocycles. The van der Waals surface area contributed by atoms with Gasteiger partial charge >= 0.3 is 0 Å². The Bertz CT molecular complexity index is 876. The molecule has 2 aromatic carbocycles. The lowest BCUT2D eigenvalue weighted by Crippen LogP contribution is -2.30. The zero-order valence-corrected chi connectivity index (χ0v) is 16.6. The lowest BCUT2D eigenvalue weighted by atomic mass is 10.0. The molecule has 0 unspecified atom stereocenters. The Hall–Kier alpha value is -2.50. The van der Waals surface area contributed by atoms with E-state index in [0.717, 1.165) is 34.8 Å². The third-order valence-electron chi connectivity index (χ3n) is 4.28. The van der Waals surface area contributed by atoms with Crippen LogP contribution < -0.4 is 5.32 Å². The Morgan fingerprint density at radius 3 is 2.59 bits per heavy atom. The molecule has 140 valence electrons. The van der Waals surface area contributed by atoms with E-state index in [1.165, 1.54) is 5.56 Å². The average molecular weight is 380 g/mol. The molecule has 4 nitrogen and oxygen atoms in total. The minimum absolute atomic E-state index is 0.0102. The van der Waals surface area contributed by atoms with Gasteiger partial charge in [-0.05, 0) is 37.1 Å². The second kappa shape index (κ2) is 9.44. The van der Waals surface area contributed by atoms with Crippen LogP contribution >= 0.6 is 11.3 Å². The predicted molar refractivity (Wildman–Crippen MR) is 112 cm³/mol. The maximum Gasteiger partial charge on any atom is 0.238 e. The summed E-state index contributed by atoms with van der Waals surface area (Å²) < 4.78 is 0. The van der Waals surface area contributed by atoms with Crippen LogP contribution in [0.1, 0.15) is 28.8 Å². The number of thiazole rings is 1. The monoisotopic (exact) mass is 379 g/mol. The van der Waals surface area contributed by atoms with Crippen LogP contribution in [0.15, 0.2) is 60.0 Å². The fraction of sp³-hybridized carbons (Fsp3) is 0.273. The summed E-state index contributed by atoms with van der Waals surface area (Å²) in [4.78, 5) is 19.1. The van der Waals surface area contributed by atoms with Gasteiger partial charge in [0.05, 0.1) is 17.2 Å². The topological polar surface area (TPSA) is 45.2 Å². The van der Waals surface area contributed by atoms with Gasteiger partial charge in [-0.2, -0.15) is 0 Å². The number of benzene rings is 2. The fourth-order valence-corrected chi connectivity index (χ4v) is 3.70. The summed E-state index contributed by atoms with van der Waals surface area (Å²) in [5.74, 6) is -0.0102. The maximum atomic E-state index is 12.5. The number of anilines is 1. The second-order valence-corrected chi connectivity index (χ2v) is 7.57. The van der Waals surface area contributed by atoms with E-state index in [1.807, 2.05) is 48.3 Å². The Labute approximate surface area is 164 Å². The van der Waals surface area contributed by atoms with Crippen molar-refractivity contribution in [1.82, 2.24) is 9.88 Å². The number of hydrogen-bond donors (Lipinski definition) is 1. The number of carbonyl (C=O) groups excluding carboxylic acids is 1. The molecule has 1 amide bonds. The number of aromatic nitrogens is 1. The summed E-state index contributed by atoms with van der Waals surface area (Å²) in [5.41, 5.74) is 4.25. The van der Waals surface area contributed by atoms with Crippen LogP contribution in [0.2, 0.25) is 0 Å². The molecule has 0 aliphatic rings. The summed E-state index contributed by atoms with van der Waals surface area (Å²) in [6, 6.07) is 18.3. The van der Waals surface area contributed by atoms with E-state index in [1.54, 1.807) is 11.3 Å². The zero-order chi connectivity index (χ0) is 19.1. The van der Waals surface area contributed by atoms with Crippen molar-refractivity contribution >= 4 is 22.9 Å². The molecule has 3 rings (SSSR count). The van der Waals surface area contributed by atoms with Gasteiger partial charge in [-0.15, -0.1) is 11.3 Å². The van der Waals surface area contributed by atoms with Gasteiger partial charge in [0.2, 0.25) is 5.91 Å². The molecule has 0 radical (unpaired) electrons. The van der Waals surface area contributed by atoms with E-state index >= 15 is 0 Å². The molecule has 0 spiro atoms. The number of aryl methyl sites for hydroxylation is 1. The normalized spacial score (nSPS) is 10.9. The smallest absolute Gasteiger partial charge is 0.238 e. The molecule has 27 heavy (non-hydrogen) atoms. The molecular formula is C22H25N3OS. The molecule has 0 atom stereocenters. The Kier molecular flexibility index (Phi) is 6.74. The van der Waals surface area contributed by atoms with Crippen LogP contribution in [0.4, 0.5) is 5.69 Å². The molecule has 1 heterocycles. The van der Waals surface area contributed by atoms with E-state index in [4.69, 9.17) is 0 Å². The Balaban J connectivity index is 1.59. The highest BCUT2D eigenvalue weighted by molar-refractivity contribution is 7.09. The third kappa shape index (κ3) is 5.74. The van der Waals surface area contributed by atoms with Gasteiger partial charge < -0.3 is 5.32 Å². The van der Waals surface area contributed by atoms with Gasteiger partial charge in [-0.1, -0.05) is 55.5 Å². The predicted octanol–water partition coefficient (Wildman–Crippen LogP) is 4.37. The van der Waals surface area contributed by atoms with Gasteiger partial charge in [0.1, 0.15) is 0 Å². The number of nitrogens with zero attached hydrogens (tertiary/aromatic N) is 2. The van der Waals surface area contributed by atoms with Gasteiger partial charge in [0, 0.05) is 17.6 Å². The minimum atomic E-state index is -0.0102. The van der Waals surface area contributed by atoms with Crippen molar-refractivity contribution in [3.05, 3.63) is 81.8 Å². The maximum absolute atomic E-state index is 12.5. The molecule has 1 aromatic heterocycles. The highest BCUT2D eigenvalue weighted by Crippen LogP contribution is 2.19. The summed E-state index contributed by atoms with van der Waals surface area (Å²) in [6.45, 7) is 3.11. The van der Waals surface area contributed by atoms with Crippen molar-refractivity contribution in [3.8, 4) is 0 Å². The first-order valence-electron chi connectivity index (χ1n) is 9.17. The van der Waals surface area contributed by atoms with Gasteiger partial charge in [0.15, 0.2) is 0 Å². The van der Waals surface area contributed by atoms with Crippen molar-refractivity contribution in [1.29, 1.82) is 0 Å². The number of carbonyl (C=O) groups is 1. The van der Waals surface area contributed by atoms with E-state index < -0.39 is 0 Å². The Morgan fingerprint density at radius 2 is 1.85 bits per heavy atom. The summed E-state index contributed by atoms with van der Waals surface area (Å²) in [5, 5.41) is 6.27. The first kappa shape index (κ1) is 19.3. The van der Waals surface area contributed by atoms with Crippen LogP contribution in [0.25, 0.3) is 0 Å². The molecule has 0 fully saturated rings. The molecule has 0 aliphatic heterocycles. The van der Waals surface area contributed by atoms with Crippen LogP contribution in [-0.2, 0) is 24.2 Å². The standard InChI is InChI=1S/C22H25N3OS/c1-3-22-23-19(16-27-22)14-25(2)15-21(26)24-20-12-8-7-11-18(20)13-17-9-5-4-6-10-17/h4-12,16H,3,13-15H2,1-2H3,(H,24,26). The highest BCUT2D eigenvalue weighted by Gasteiger charge is 2.11. The van der Waals surface area contributed by atoms with Gasteiger partial charge in [-0.25, -0.2) is 4.98 Å². The average Bonchev–Trinajstić information content (AvgIpc) is 3.11. The number of likely N-dealkylation sites (N-methyl/N-ethyl adjacent to an activating group) is 1. The SMILES string of the molecule is CCc1nc(CN(C)CC(=O)Nc2ccccc2Cc2ccccc2)cs1. The first-order chi connectivity index (χ1) is 13.1. The van der Waals surface area contributed by atoms with Crippen molar-refractivity contribution in [3.63, 3.8) is 0 Å². The summed E-state index contributed by atoms with van der Waals surface area (Å²) in [6.07, 6.45) is 1.75. The van der Waals surface area contributed by atoms with E-state index in [9.17, 15) is 4.79 Å². The van der Waals surface area contributed by atoms with Crippen LogP contribution in [-0.4, -0.2) is 29.4 Å². The highest BCUT2D eigenvalue weighted by atomic mass is 32.1. The van der Waals surface area contributed by atoms with Crippen molar-refractivity contribution in [2.45, 2.75) is 26.3 Å². The molecule has 0 bridgehead atoms. The molecule has 0 saturated heterocycles. The summed E-state index contributed by atoms with van der Waals surface area (Å²) in [7, 11) is 1.94. The van der Waals surface area contributed by atoms with Crippen LogP contribution in [0.3, 0.4) is 0 Å². The zero-order valence-electron chi connectivity index (χ0n) is 15.8. The number of para-hydroxylation sites is 1. The second-order valence-electron chi connectivity index (χ2n) is 6.63. The van der Waals surface area contributed by atoms with E-state index in [-0.39, 0.29) is 5.91 Å². The minimum Gasteiger partial charge on any atom is -0.325 e. The van der Waals surface area contributed by atoms with Crippen molar-refractivity contribution < 1.29 is 4.79 Å². The largest absolute Gasteiger partial charge is 0.325 e. The van der Waals surface area contributed by atoms with Crippen LogP contribution in [0, 0.1) is 0 Å². The molecule has 0 aliphatic carbocycles. The number of nitrogens with one attached hydrogen (secondary N) is 1. The molecular weight excluding hydrogens is 354 g/mol. The molecule has 5 heteroatoms. The quantitative estimate of drug-likeness (QED) is 0.632. The first-order valence-corrected chi connectivity index (χ1v) is 10.1. The van der Waals surface area contributed by atoms with Crippen molar-refractivity contribution in [2.24, 2.45) is 0 Å². The molecule has 3 aromatic rings. The fourth-order valence-electron chi connectivity index (χ4n) is 2.96. The lowest BCUT2D eigenvalue weighted by molar-refractivity contribution is -0.117. The summed E-state index contributed by atoms with van der Waals surface area (Å²) >= 11 is 1.68. The van der Waals surface area contributed by atoms with Crippen molar-refractivity contribution in [2.75, 3.05) is 18.9 Å². The number of hydrogen-bond acceptors (Lipinski definition) is 4. The van der Waals surface area contributed by atoms with E-state index in [0.29, 0.717) is 13.1 Å².